The molecule has 0 saturated heterocycles. The number of hydrogen-bond donors (Lipinski definition) is 1. The summed E-state index contributed by atoms with van der Waals surface area (Å²) < 4.78 is 47.7. The maximum absolute atomic E-state index is 13.4. The zero-order chi connectivity index (χ0) is 26.3. The molecule has 188 valence electrons. The molecule has 5 aromatic rings. The van der Waals surface area contributed by atoms with Crippen molar-refractivity contribution in [2.24, 2.45) is 0 Å². The fraction of sp³-hybridized carbons (Fsp3) is 0.143. The van der Waals surface area contributed by atoms with Crippen molar-refractivity contribution in [1.82, 2.24) is 14.3 Å². The normalized spacial score (nSPS) is 11.7. The number of H-pyrrole nitrogens is 1. The average Bonchev–Trinajstić information content (AvgIpc) is 3.39. The smallest absolute Gasteiger partial charge is 0.416 e. The molecule has 0 aliphatic heterocycles. The number of carbonyl (C=O) groups excluding carboxylic acids is 1. The van der Waals surface area contributed by atoms with E-state index in [1.807, 2.05) is 25.1 Å². The number of ether oxygens (including phenoxy) is 1. The van der Waals surface area contributed by atoms with Crippen LogP contribution < -0.4 is 10.3 Å². The van der Waals surface area contributed by atoms with Gasteiger partial charge in [0.15, 0.2) is 0 Å². The predicted molar refractivity (Wildman–Crippen MR) is 134 cm³/mol. The highest BCUT2D eigenvalue weighted by Gasteiger charge is 2.30. The Morgan fingerprint density at radius 3 is 2.43 bits per heavy atom. The first kappa shape index (κ1) is 24.2. The van der Waals surface area contributed by atoms with Gasteiger partial charge in [-0.05, 0) is 61.0 Å². The summed E-state index contributed by atoms with van der Waals surface area (Å²) >= 11 is 0. The van der Waals surface area contributed by atoms with Crippen molar-refractivity contribution in [3.63, 3.8) is 0 Å². The fourth-order valence-corrected chi connectivity index (χ4v) is 4.52. The molecule has 2 heterocycles. The lowest BCUT2D eigenvalue weighted by atomic mass is 10.1. The van der Waals surface area contributed by atoms with Crippen LogP contribution in [0.4, 0.5) is 13.2 Å². The number of methoxy groups -OCH3 is 1. The molecule has 0 fully saturated rings. The van der Waals surface area contributed by atoms with Gasteiger partial charge in [0.2, 0.25) is 0 Å². The van der Waals surface area contributed by atoms with Crippen LogP contribution in [0.1, 0.15) is 32.9 Å². The molecule has 1 N–H and O–H groups in total. The Morgan fingerprint density at radius 1 is 0.973 bits per heavy atom. The molecule has 9 heteroatoms. The first-order chi connectivity index (χ1) is 17.7. The molecule has 0 aliphatic carbocycles. The Hall–Kier alpha value is -4.53. The van der Waals surface area contributed by atoms with Crippen LogP contribution in [0.3, 0.4) is 0 Å². The highest BCUT2D eigenvalue weighted by molar-refractivity contribution is 6.04. The third kappa shape index (κ3) is 4.44. The number of carbonyl (C=O) groups is 1. The molecule has 0 radical (unpaired) electrons. The lowest BCUT2D eigenvalue weighted by Crippen LogP contribution is -2.14. The number of aromatic amines is 1. The number of nitrogens with one attached hydrogen (secondary N) is 1. The van der Waals surface area contributed by atoms with Crippen molar-refractivity contribution in [3.8, 4) is 11.4 Å². The van der Waals surface area contributed by atoms with E-state index in [1.165, 1.54) is 18.2 Å². The highest BCUT2D eigenvalue weighted by Crippen LogP contribution is 2.32. The van der Waals surface area contributed by atoms with Crippen LogP contribution in [0.2, 0.25) is 0 Å². The van der Waals surface area contributed by atoms with Crippen molar-refractivity contribution >= 4 is 16.8 Å². The van der Waals surface area contributed by atoms with Crippen LogP contribution in [-0.2, 0) is 12.6 Å². The third-order valence-electron chi connectivity index (χ3n) is 6.34. The van der Waals surface area contributed by atoms with Crippen LogP contribution in [-0.4, -0.2) is 27.4 Å². The van der Waals surface area contributed by atoms with Crippen LogP contribution >= 0.6 is 0 Å². The van der Waals surface area contributed by atoms with E-state index < -0.39 is 17.3 Å². The average molecular weight is 505 g/mol. The van der Waals surface area contributed by atoms with E-state index in [0.717, 1.165) is 27.8 Å². The van der Waals surface area contributed by atoms with E-state index in [2.05, 4.69) is 5.10 Å². The molecule has 0 atom stereocenters. The third-order valence-corrected chi connectivity index (χ3v) is 6.34. The highest BCUT2D eigenvalue weighted by atomic mass is 19.4. The number of halogens is 3. The minimum Gasteiger partial charge on any atom is -0.497 e. The lowest BCUT2D eigenvalue weighted by molar-refractivity contribution is -0.137. The van der Waals surface area contributed by atoms with E-state index in [0.29, 0.717) is 28.2 Å². The topological polar surface area (TPSA) is 69.0 Å². The van der Waals surface area contributed by atoms with E-state index in [9.17, 15) is 22.8 Å². The quantitative estimate of drug-likeness (QED) is 0.332. The molecule has 0 bridgehead atoms. The molecule has 6 nitrogen and oxygen atoms in total. The van der Waals surface area contributed by atoms with Crippen LogP contribution in [0.15, 0.2) is 83.7 Å². The van der Waals surface area contributed by atoms with Crippen molar-refractivity contribution in [2.45, 2.75) is 19.5 Å². The first-order valence-corrected chi connectivity index (χ1v) is 11.4. The number of fused-ring (bicyclic) bond motifs is 1. The number of benzene rings is 3. The maximum Gasteiger partial charge on any atom is 0.416 e. The van der Waals surface area contributed by atoms with Crippen LogP contribution in [0, 0.1) is 6.92 Å². The van der Waals surface area contributed by atoms with E-state index in [1.54, 1.807) is 42.0 Å². The second kappa shape index (κ2) is 9.16. The monoisotopic (exact) mass is 505 g/mol. The maximum atomic E-state index is 13.4. The minimum atomic E-state index is -4.53. The summed E-state index contributed by atoms with van der Waals surface area (Å²) in [5, 5.41) is 3.70. The summed E-state index contributed by atoms with van der Waals surface area (Å²) in [5.41, 5.74) is 1.90. The summed E-state index contributed by atoms with van der Waals surface area (Å²) in [4.78, 5) is 26.1. The number of alkyl halides is 3. The van der Waals surface area contributed by atoms with E-state index >= 15 is 0 Å². The standard InChI is InChI=1S/C28H22F3N3O3/c1-17-23(14-20-15-26(35)34(32-20)21-10-6-9-19(13-21)28(29,30)31)24-16-22(37-2)11-12-25(24)33(17)27(36)18-7-4-3-5-8-18/h3-13,15-16,32H,14H2,1-2H3. The zero-order valence-electron chi connectivity index (χ0n) is 20.0. The molecular weight excluding hydrogens is 483 g/mol. The molecular formula is C28H22F3N3O3. The molecule has 37 heavy (non-hydrogen) atoms. The van der Waals surface area contributed by atoms with Gasteiger partial charge in [-0.15, -0.1) is 0 Å². The predicted octanol–water partition coefficient (Wildman–Crippen LogP) is 5.74. The lowest BCUT2D eigenvalue weighted by Gasteiger charge is -2.09. The Morgan fingerprint density at radius 2 is 1.73 bits per heavy atom. The summed E-state index contributed by atoms with van der Waals surface area (Å²) in [5.74, 6) is 0.405. The number of aromatic nitrogens is 3. The van der Waals surface area contributed by atoms with Crippen molar-refractivity contribution in [1.29, 1.82) is 0 Å². The molecule has 0 amide bonds. The Labute approximate surface area is 209 Å². The second-order valence-corrected chi connectivity index (χ2v) is 8.63. The molecule has 0 unspecified atom stereocenters. The van der Waals surface area contributed by atoms with Gasteiger partial charge in [0, 0.05) is 34.8 Å². The van der Waals surface area contributed by atoms with Crippen LogP contribution in [0.25, 0.3) is 16.6 Å². The van der Waals surface area contributed by atoms with Gasteiger partial charge in [-0.2, -0.15) is 13.2 Å². The van der Waals surface area contributed by atoms with E-state index in [-0.39, 0.29) is 18.0 Å². The van der Waals surface area contributed by atoms with Gasteiger partial charge in [-0.25, -0.2) is 4.68 Å². The second-order valence-electron chi connectivity index (χ2n) is 8.63. The zero-order valence-corrected chi connectivity index (χ0v) is 20.0. The van der Waals surface area contributed by atoms with Crippen molar-refractivity contribution < 1.29 is 22.7 Å². The Balaban J connectivity index is 1.60. The Kier molecular flexibility index (Phi) is 5.99. The van der Waals surface area contributed by atoms with Gasteiger partial charge in [0.1, 0.15) is 5.75 Å². The van der Waals surface area contributed by atoms with E-state index in [4.69, 9.17) is 4.74 Å². The molecule has 3 aromatic carbocycles. The number of nitrogens with zero attached hydrogens (tertiary/aromatic N) is 2. The molecule has 5 rings (SSSR count). The minimum absolute atomic E-state index is 0.0751. The molecule has 0 spiro atoms. The van der Waals surface area contributed by atoms with Crippen molar-refractivity contribution in [2.75, 3.05) is 7.11 Å². The molecule has 2 aromatic heterocycles. The largest absolute Gasteiger partial charge is 0.497 e. The summed E-state index contributed by atoms with van der Waals surface area (Å²) in [7, 11) is 1.55. The van der Waals surface area contributed by atoms with Gasteiger partial charge in [-0.3, -0.25) is 19.3 Å². The van der Waals surface area contributed by atoms with Gasteiger partial charge in [0.05, 0.1) is 23.9 Å². The van der Waals surface area contributed by atoms with Gasteiger partial charge in [-0.1, -0.05) is 24.3 Å². The Bertz CT molecular complexity index is 1680. The van der Waals surface area contributed by atoms with Crippen LogP contribution in [0.5, 0.6) is 5.75 Å². The van der Waals surface area contributed by atoms with Gasteiger partial charge < -0.3 is 4.74 Å². The summed E-state index contributed by atoms with van der Waals surface area (Å²) in [6.07, 6.45) is -4.29. The van der Waals surface area contributed by atoms with Gasteiger partial charge >= 0.3 is 6.18 Å². The number of hydrogen-bond acceptors (Lipinski definition) is 3. The summed E-state index contributed by atoms with van der Waals surface area (Å²) in [6, 6.07) is 20.2. The van der Waals surface area contributed by atoms with Crippen molar-refractivity contribution in [3.05, 3.63) is 117 Å². The number of rotatable bonds is 5. The molecule has 0 saturated carbocycles. The van der Waals surface area contributed by atoms with Gasteiger partial charge in [0.25, 0.3) is 11.5 Å². The fourth-order valence-electron chi connectivity index (χ4n) is 4.52. The SMILES string of the molecule is COc1ccc2c(c1)c(Cc1cc(=O)n(-c3cccc(C(F)(F)F)c3)[nH]1)c(C)n2C(=O)c1ccccc1. The molecule has 0 aliphatic rings. The summed E-state index contributed by atoms with van der Waals surface area (Å²) in [6.45, 7) is 1.82. The first-order valence-electron chi connectivity index (χ1n) is 11.4.